The zero-order chi connectivity index (χ0) is 14.6. The van der Waals surface area contributed by atoms with Gasteiger partial charge in [-0.15, -0.1) is 0 Å². The van der Waals surface area contributed by atoms with Gasteiger partial charge in [0.1, 0.15) is 11.3 Å². The highest BCUT2D eigenvalue weighted by Gasteiger charge is 2.18. The summed E-state index contributed by atoms with van der Waals surface area (Å²) in [5.74, 6) is -3.76. The minimum absolute atomic E-state index is 0.0842. The molecule has 0 heterocycles. The molecule has 1 aromatic rings. The Labute approximate surface area is 108 Å². The highest BCUT2D eigenvalue weighted by molar-refractivity contribution is 7.93. The molecule has 8 nitrogen and oxygen atoms in total. The minimum atomic E-state index is -4.00. The average molecular weight is 289 g/mol. The van der Waals surface area contributed by atoms with Crippen molar-refractivity contribution in [2.24, 2.45) is 0 Å². The molecule has 0 aliphatic heterocycles. The number of methoxy groups -OCH3 is 1. The van der Waals surface area contributed by atoms with Crippen LogP contribution in [0.5, 0.6) is 5.75 Å². The van der Waals surface area contributed by atoms with E-state index in [0.717, 1.165) is 25.3 Å². The number of hydrogen-bond donors (Lipinski definition) is 3. The molecule has 0 saturated heterocycles. The maximum Gasteiger partial charge on any atom is 0.339 e. The Bertz CT molecular complexity index is 608. The lowest BCUT2D eigenvalue weighted by Gasteiger charge is -2.08. The predicted molar refractivity (Wildman–Crippen MR) is 64.5 cm³/mol. The molecular weight excluding hydrogens is 278 g/mol. The van der Waals surface area contributed by atoms with Gasteiger partial charge in [0.15, 0.2) is 5.75 Å². The van der Waals surface area contributed by atoms with Crippen molar-refractivity contribution in [3.63, 3.8) is 0 Å². The first-order valence-electron chi connectivity index (χ1n) is 4.89. The molecule has 0 aliphatic rings. The first-order valence-corrected chi connectivity index (χ1v) is 6.54. The molecule has 0 aromatic heterocycles. The summed E-state index contributed by atoms with van der Waals surface area (Å²) in [6.07, 6.45) is 0. The number of aromatic hydroxyl groups is 1. The van der Waals surface area contributed by atoms with Crippen molar-refractivity contribution in [1.82, 2.24) is 0 Å². The fourth-order valence-corrected chi connectivity index (χ4v) is 2.19. The van der Waals surface area contributed by atoms with E-state index in [1.54, 1.807) is 0 Å². The summed E-state index contributed by atoms with van der Waals surface area (Å²) >= 11 is 0. The van der Waals surface area contributed by atoms with Gasteiger partial charge in [-0.2, -0.15) is 0 Å². The number of ether oxygens (including phenoxy) is 1. The lowest BCUT2D eigenvalue weighted by Crippen LogP contribution is -2.23. The van der Waals surface area contributed by atoms with Crippen LogP contribution in [0.3, 0.4) is 0 Å². The Hall–Kier alpha value is -2.29. The number of phenols is 1. The van der Waals surface area contributed by atoms with Crippen LogP contribution < -0.4 is 4.72 Å². The maximum atomic E-state index is 11.5. The lowest BCUT2D eigenvalue weighted by molar-refractivity contribution is -0.137. The second-order valence-corrected chi connectivity index (χ2v) is 5.20. The molecule has 0 aliphatic carbocycles. The Kier molecular flexibility index (Phi) is 4.33. The topological polar surface area (TPSA) is 130 Å². The monoisotopic (exact) mass is 289 g/mol. The normalized spacial score (nSPS) is 10.8. The molecule has 9 heteroatoms. The van der Waals surface area contributed by atoms with Crippen LogP contribution in [0.2, 0.25) is 0 Å². The zero-order valence-corrected chi connectivity index (χ0v) is 10.6. The fraction of sp³-hybridized carbons (Fsp3) is 0.200. The van der Waals surface area contributed by atoms with Gasteiger partial charge in [0.05, 0.1) is 7.11 Å². The summed E-state index contributed by atoms with van der Waals surface area (Å²) in [4.78, 5) is 21.6. The van der Waals surface area contributed by atoms with E-state index < -0.39 is 39.0 Å². The van der Waals surface area contributed by atoms with E-state index in [4.69, 9.17) is 5.11 Å². The standard InChI is InChI=1S/C10H11NO7S/c1-18-9(13)5-19(16,17)11-6-2-3-8(12)7(4-6)10(14)15/h2-4,11-12H,5H2,1H3,(H,14,15). The van der Waals surface area contributed by atoms with E-state index in [9.17, 15) is 23.1 Å². The number of sulfonamides is 1. The fourth-order valence-electron chi connectivity index (χ4n) is 1.20. The predicted octanol–water partition coefficient (Wildman–Crippen LogP) is 0.00510. The van der Waals surface area contributed by atoms with Crippen LogP contribution in [-0.4, -0.2) is 43.4 Å². The van der Waals surface area contributed by atoms with Crippen LogP contribution >= 0.6 is 0 Å². The van der Waals surface area contributed by atoms with Crippen molar-refractivity contribution in [1.29, 1.82) is 0 Å². The summed E-state index contributed by atoms with van der Waals surface area (Å²) < 4.78 is 29.2. The van der Waals surface area contributed by atoms with Crippen LogP contribution in [0.15, 0.2) is 18.2 Å². The molecule has 1 rings (SSSR count). The van der Waals surface area contributed by atoms with E-state index in [-0.39, 0.29) is 5.69 Å². The van der Waals surface area contributed by atoms with E-state index in [0.29, 0.717) is 0 Å². The average Bonchev–Trinajstić information content (AvgIpc) is 2.30. The number of hydrogen-bond acceptors (Lipinski definition) is 6. The van der Waals surface area contributed by atoms with Gasteiger partial charge in [-0.25, -0.2) is 13.2 Å². The smallest absolute Gasteiger partial charge is 0.339 e. The third-order valence-electron chi connectivity index (χ3n) is 2.04. The van der Waals surface area contributed by atoms with E-state index in [1.165, 1.54) is 0 Å². The molecule has 0 bridgehead atoms. The van der Waals surface area contributed by atoms with Gasteiger partial charge < -0.3 is 14.9 Å². The number of rotatable bonds is 5. The van der Waals surface area contributed by atoms with Crippen LogP contribution in [0.1, 0.15) is 10.4 Å². The number of carbonyl (C=O) groups excluding carboxylic acids is 1. The summed E-state index contributed by atoms with van der Waals surface area (Å²) in [6, 6.07) is 3.13. The SMILES string of the molecule is COC(=O)CS(=O)(=O)Nc1ccc(O)c(C(=O)O)c1. The second kappa shape index (κ2) is 5.57. The summed E-state index contributed by atoms with van der Waals surface area (Å²) in [7, 11) is -2.96. The molecule has 0 radical (unpaired) electrons. The summed E-state index contributed by atoms with van der Waals surface area (Å²) in [5, 5.41) is 18.0. The lowest BCUT2D eigenvalue weighted by atomic mass is 10.2. The van der Waals surface area contributed by atoms with Crippen molar-refractivity contribution >= 4 is 27.6 Å². The van der Waals surface area contributed by atoms with Crippen LogP contribution in [0, 0.1) is 0 Å². The molecule has 19 heavy (non-hydrogen) atoms. The van der Waals surface area contributed by atoms with Crippen molar-refractivity contribution in [2.75, 3.05) is 17.6 Å². The first kappa shape index (κ1) is 14.8. The van der Waals surface area contributed by atoms with Gasteiger partial charge in [-0.1, -0.05) is 0 Å². The number of anilines is 1. The zero-order valence-electron chi connectivity index (χ0n) is 9.78. The quantitative estimate of drug-likeness (QED) is 0.514. The Morgan fingerprint density at radius 1 is 1.37 bits per heavy atom. The number of carboxylic acids is 1. The second-order valence-electron chi connectivity index (χ2n) is 3.47. The van der Waals surface area contributed by atoms with Gasteiger partial charge in [0.25, 0.3) is 0 Å². The maximum absolute atomic E-state index is 11.5. The molecule has 0 atom stereocenters. The Morgan fingerprint density at radius 2 is 2.00 bits per heavy atom. The molecule has 0 unspecified atom stereocenters. The number of esters is 1. The largest absolute Gasteiger partial charge is 0.507 e. The molecule has 1 aromatic carbocycles. The van der Waals surface area contributed by atoms with Crippen molar-refractivity contribution in [3.8, 4) is 5.75 Å². The Morgan fingerprint density at radius 3 is 2.53 bits per heavy atom. The third-order valence-corrected chi connectivity index (χ3v) is 3.20. The molecule has 0 fully saturated rings. The number of carbonyl (C=O) groups is 2. The van der Waals surface area contributed by atoms with Gasteiger partial charge in [0, 0.05) is 5.69 Å². The van der Waals surface area contributed by atoms with Gasteiger partial charge in [-0.05, 0) is 18.2 Å². The van der Waals surface area contributed by atoms with E-state index in [1.807, 2.05) is 4.72 Å². The van der Waals surface area contributed by atoms with Gasteiger partial charge in [-0.3, -0.25) is 9.52 Å². The number of carboxylic acid groups (broad SMARTS) is 1. The van der Waals surface area contributed by atoms with Gasteiger partial charge >= 0.3 is 11.9 Å². The van der Waals surface area contributed by atoms with Crippen LogP contribution in [0.25, 0.3) is 0 Å². The molecule has 0 saturated carbocycles. The molecule has 104 valence electrons. The van der Waals surface area contributed by atoms with E-state index in [2.05, 4.69) is 4.74 Å². The van der Waals surface area contributed by atoms with Crippen molar-refractivity contribution in [2.45, 2.75) is 0 Å². The Balaban J connectivity index is 2.97. The minimum Gasteiger partial charge on any atom is -0.507 e. The summed E-state index contributed by atoms with van der Waals surface area (Å²) in [5.41, 5.74) is -0.544. The number of aromatic carboxylic acids is 1. The van der Waals surface area contributed by atoms with Crippen LogP contribution in [-0.2, 0) is 19.6 Å². The number of benzene rings is 1. The number of nitrogens with one attached hydrogen (secondary N) is 1. The van der Waals surface area contributed by atoms with Crippen molar-refractivity contribution in [3.05, 3.63) is 23.8 Å². The highest BCUT2D eigenvalue weighted by Crippen LogP contribution is 2.22. The first-order chi connectivity index (χ1) is 8.75. The van der Waals surface area contributed by atoms with Crippen LogP contribution in [0.4, 0.5) is 5.69 Å². The van der Waals surface area contributed by atoms with Crippen molar-refractivity contribution < 1.29 is 33.0 Å². The summed E-state index contributed by atoms with van der Waals surface area (Å²) in [6.45, 7) is 0. The third kappa shape index (κ3) is 4.14. The van der Waals surface area contributed by atoms with E-state index >= 15 is 0 Å². The highest BCUT2D eigenvalue weighted by atomic mass is 32.2. The van der Waals surface area contributed by atoms with Gasteiger partial charge in [0.2, 0.25) is 10.0 Å². The molecular formula is C10H11NO7S. The molecule has 0 spiro atoms. The molecule has 3 N–H and O–H groups in total. The molecule has 0 amide bonds.